The Morgan fingerprint density at radius 1 is 1.35 bits per heavy atom. The van der Waals surface area contributed by atoms with Crippen molar-refractivity contribution in [2.75, 3.05) is 0 Å². The van der Waals surface area contributed by atoms with Gasteiger partial charge in [0.05, 0.1) is 16.1 Å². The molecule has 0 amide bonds. The molecule has 0 radical (unpaired) electrons. The van der Waals surface area contributed by atoms with Crippen molar-refractivity contribution >= 4 is 22.9 Å². The van der Waals surface area contributed by atoms with E-state index in [2.05, 4.69) is 5.16 Å². The van der Waals surface area contributed by atoms with Crippen LogP contribution in [-0.2, 0) is 6.42 Å². The number of aromatic nitrogens is 1. The summed E-state index contributed by atoms with van der Waals surface area (Å²) in [6, 6.07) is 1.66. The molecule has 0 bridgehead atoms. The number of nitrogens with zero attached hydrogens (tertiary/aromatic N) is 1. The fourth-order valence-electron chi connectivity index (χ4n) is 2.02. The van der Waals surface area contributed by atoms with Gasteiger partial charge in [0.25, 0.3) is 0 Å². The maximum absolute atomic E-state index is 12.2. The van der Waals surface area contributed by atoms with Crippen LogP contribution >= 0.6 is 11.3 Å². The molecule has 0 saturated carbocycles. The standard InChI is InChI=1S/C12H9NO3S/c1-2-3-7-8-10(15)12-6(4-5-17-12)9(14)11(8)16-13-7/h4-5H,2-3H2,1H3. The first-order valence-electron chi connectivity index (χ1n) is 5.39. The summed E-state index contributed by atoms with van der Waals surface area (Å²) in [7, 11) is 0. The molecule has 4 nitrogen and oxygen atoms in total. The first-order chi connectivity index (χ1) is 8.24. The monoisotopic (exact) mass is 247 g/mol. The number of aryl methyl sites for hydroxylation is 1. The third kappa shape index (κ3) is 1.32. The van der Waals surface area contributed by atoms with Crippen LogP contribution in [0.15, 0.2) is 16.0 Å². The van der Waals surface area contributed by atoms with Crippen LogP contribution in [0, 0.1) is 0 Å². The van der Waals surface area contributed by atoms with Gasteiger partial charge in [0.2, 0.25) is 17.3 Å². The number of thiophene rings is 1. The van der Waals surface area contributed by atoms with Gasteiger partial charge >= 0.3 is 0 Å². The van der Waals surface area contributed by atoms with E-state index >= 15 is 0 Å². The summed E-state index contributed by atoms with van der Waals surface area (Å²) in [5, 5.41) is 5.59. The lowest BCUT2D eigenvalue weighted by Gasteiger charge is -2.08. The first kappa shape index (κ1) is 10.4. The molecule has 0 atom stereocenters. The predicted octanol–water partition coefficient (Wildman–Crippen LogP) is 2.46. The van der Waals surface area contributed by atoms with Crippen molar-refractivity contribution in [1.82, 2.24) is 5.16 Å². The normalized spacial score (nSPS) is 13.7. The van der Waals surface area contributed by atoms with Gasteiger partial charge in [-0.1, -0.05) is 18.5 Å². The number of carbonyl (C=O) groups excluding carboxylic acids is 2. The zero-order valence-corrected chi connectivity index (χ0v) is 9.97. The van der Waals surface area contributed by atoms with E-state index in [9.17, 15) is 9.59 Å². The van der Waals surface area contributed by atoms with Crippen molar-refractivity contribution in [2.24, 2.45) is 0 Å². The lowest BCUT2D eigenvalue weighted by atomic mass is 9.93. The molecule has 2 aromatic rings. The van der Waals surface area contributed by atoms with E-state index < -0.39 is 0 Å². The second-order valence-electron chi connectivity index (χ2n) is 3.91. The van der Waals surface area contributed by atoms with Gasteiger partial charge in [-0.15, -0.1) is 11.3 Å². The smallest absolute Gasteiger partial charge is 0.233 e. The molecular weight excluding hydrogens is 238 g/mol. The lowest BCUT2D eigenvalue weighted by Crippen LogP contribution is -2.18. The summed E-state index contributed by atoms with van der Waals surface area (Å²) in [4.78, 5) is 24.8. The highest BCUT2D eigenvalue weighted by atomic mass is 32.1. The zero-order chi connectivity index (χ0) is 12.0. The van der Waals surface area contributed by atoms with Gasteiger partial charge in [0, 0.05) is 5.56 Å². The largest absolute Gasteiger partial charge is 0.352 e. The topological polar surface area (TPSA) is 60.2 Å². The average molecular weight is 247 g/mol. The van der Waals surface area contributed by atoms with E-state index in [1.54, 1.807) is 11.4 Å². The van der Waals surface area contributed by atoms with Crippen LogP contribution < -0.4 is 0 Å². The van der Waals surface area contributed by atoms with E-state index in [1.165, 1.54) is 11.3 Å². The fraction of sp³-hybridized carbons (Fsp3) is 0.250. The van der Waals surface area contributed by atoms with Gasteiger partial charge in [-0.25, -0.2) is 0 Å². The van der Waals surface area contributed by atoms with E-state index in [4.69, 9.17) is 4.52 Å². The van der Waals surface area contributed by atoms with Crippen molar-refractivity contribution in [3.05, 3.63) is 38.9 Å². The number of fused-ring (bicyclic) bond motifs is 2. The highest BCUT2D eigenvalue weighted by molar-refractivity contribution is 7.12. The molecule has 2 heterocycles. The first-order valence-corrected chi connectivity index (χ1v) is 6.27. The highest BCUT2D eigenvalue weighted by Gasteiger charge is 2.36. The minimum absolute atomic E-state index is 0.101. The molecule has 0 N–H and O–H groups in total. The summed E-state index contributed by atoms with van der Waals surface area (Å²) in [5.74, 6) is -0.260. The van der Waals surface area contributed by atoms with E-state index in [-0.39, 0.29) is 17.3 Å². The number of carbonyl (C=O) groups is 2. The predicted molar refractivity (Wildman–Crippen MR) is 61.7 cm³/mol. The van der Waals surface area contributed by atoms with Gasteiger partial charge in [0.15, 0.2) is 0 Å². The molecule has 3 rings (SSSR count). The third-order valence-corrected chi connectivity index (χ3v) is 3.71. The Morgan fingerprint density at radius 2 is 2.18 bits per heavy atom. The van der Waals surface area contributed by atoms with Crippen LogP contribution in [-0.4, -0.2) is 16.7 Å². The molecule has 0 aliphatic heterocycles. The van der Waals surface area contributed by atoms with Crippen LogP contribution in [0.2, 0.25) is 0 Å². The highest BCUT2D eigenvalue weighted by Crippen LogP contribution is 2.32. The molecule has 0 aromatic carbocycles. The zero-order valence-electron chi connectivity index (χ0n) is 9.15. The van der Waals surface area contributed by atoms with Crippen molar-refractivity contribution < 1.29 is 14.1 Å². The van der Waals surface area contributed by atoms with E-state index in [1.807, 2.05) is 6.92 Å². The number of hydrogen-bond donors (Lipinski definition) is 0. The summed E-state index contributed by atoms with van der Waals surface area (Å²) in [6.45, 7) is 1.99. The molecule has 0 spiro atoms. The van der Waals surface area contributed by atoms with Gasteiger partial charge in [-0.3, -0.25) is 9.59 Å². The molecular formula is C12H9NO3S. The van der Waals surface area contributed by atoms with Gasteiger partial charge in [-0.2, -0.15) is 0 Å². The Balaban J connectivity index is 2.22. The SMILES string of the molecule is CCCc1noc2c1C(=O)c1sccc1C2=O. The van der Waals surface area contributed by atoms with Crippen molar-refractivity contribution in [1.29, 1.82) is 0 Å². The molecule has 17 heavy (non-hydrogen) atoms. The Kier molecular flexibility index (Phi) is 2.22. The average Bonchev–Trinajstić information content (AvgIpc) is 2.93. The summed E-state index contributed by atoms with van der Waals surface area (Å²) < 4.78 is 5.03. The molecule has 86 valence electrons. The molecule has 0 saturated heterocycles. The van der Waals surface area contributed by atoms with Crippen LogP contribution in [0.25, 0.3) is 0 Å². The van der Waals surface area contributed by atoms with Crippen LogP contribution in [0.3, 0.4) is 0 Å². The molecule has 0 fully saturated rings. The quantitative estimate of drug-likeness (QED) is 0.698. The van der Waals surface area contributed by atoms with Crippen LogP contribution in [0.5, 0.6) is 0 Å². The minimum Gasteiger partial charge on any atom is -0.352 e. The van der Waals surface area contributed by atoms with Gasteiger partial charge in [-0.05, 0) is 17.9 Å². The molecule has 2 aromatic heterocycles. The second-order valence-corrected chi connectivity index (χ2v) is 4.82. The van der Waals surface area contributed by atoms with Crippen LogP contribution in [0.4, 0.5) is 0 Å². The number of ketones is 2. The van der Waals surface area contributed by atoms with E-state index in [0.29, 0.717) is 28.1 Å². The van der Waals surface area contributed by atoms with E-state index in [0.717, 1.165) is 6.42 Å². The Labute approximate surface area is 101 Å². The Bertz CT molecular complexity index is 623. The molecule has 1 aliphatic rings. The maximum atomic E-state index is 12.2. The lowest BCUT2D eigenvalue weighted by molar-refractivity contribution is 0.0958. The summed E-state index contributed by atoms with van der Waals surface area (Å²) in [5.41, 5.74) is 1.40. The van der Waals surface area contributed by atoms with Crippen molar-refractivity contribution in [3.8, 4) is 0 Å². The summed E-state index contributed by atoms with van der Waals surface area (Å²) in [6.07, 6.45) is 1.51. The number of rotatable bonds is 2. The molecule has 1 aliphatic carbocycles. The number of hydrogen-bond acceptors (Lipinski definition) is 5. The molecule has 5 heteroatoms. The van der Waals surface area contributed by atoms with Gasteiger partial charge in [0.1, 0.15) is 0 Å². The third-order valence-electron chi connectivity index (χ3n) is 2.80. The molecule has 0 unspecified atom stereocenters. The Morgan fingerprint density at radius 3 is 2.94 bits per heavy atom. The van der Waals surface area contributed by atoms with Crippen molar-refractivity contribution in [3.63, 3.8) is 0 Å². The van der Waals surface area contributed by atoms with Crippen LogP contribution in [0.1, 0.15) is 50.4 Å². The van der Waals surface area contributed by atoms with Gasteiger partial charge < -0.3 is 4.52 Å². The Hall–Kier alpha value is -1.75. The van der Waals surface area contributed by atoms with Crippen molar-refractivity contribution in [2.45, 2.75) is 19.8 Å². The maximum Gasteiger partial charge on any atom is 0.233 e. The second kappa shape index (κ2) is 3.63. The minimum atomic E-state index is -0.231. The summed E-state index contributed by atoms with van der Waals surface area (Å²) >= 11 is 1.29. The fourth-order valence-corrected chi connectivity index (χ4v) is 2.86.